The monoisotopic (exact) mass is 412 g/mol. The van der Waals surface area contributed by atoms with Crippen LogP contribution in [0, 0.1) is 0 Å². The summed E-state index contributed by atoms with van der Waals surface area (Å²) in [7, 11) is 0. The molecule has 29 heavy (non-hydrogen) atoms. The van der Waals surface area contributed by atoms with Crippen molar-refractivity contribution < 1.29 is 19.1 Å². The summed E-state index contributed by atoms with van der Waals surface area (Å²) in [5.74, 6) is 0.259. The Kier molecular flexibility index (Phi) is 6.50. The molecule has 0 aliphatic carbocycles. The van der Waals surface area contributed by atoms with Crippen LogP contribution in [0.1, 0.15) is 23.2 Å². The number of nitrogens with two attached hydrogens (primary N) is 2. The molecule has 0 saturated carbocycles. The summed E-state index contributed by atoms with van der Waals surface area (Å²) in [5.41, 5.74) is 11.5. The van der Waals surface area contributed by atoms with Crippen LogP contribution in [0.25, 0.3) is 0 Å². The molecule has 1 heterocycles. The Hall–Kier alpha value is -3.33. The molecule has 1 fully saturated rings. The fourth-order valence-electron chi connectivity index (χ4n) is 2.72. The van der Waals surface area contributed by atoms with E-state index in [-0.39, 0.29) is 17.8 Å². The standard InChI is InChI=1S/C20H20N4O4S/c21-20(22)23-14-3-1-13(2-4-14)19(27)28-15-5-7-16(8-6-15)29-12-11-24-17(25)9-10-18(24)26/h1-8H,9-12H2,(H4,21,22,23). The minimum absolute atomic E-state index is 0.0584. The van der Waals surface area contributed by atoms with Crippen LogP contribution in [0.15, 0.2) is 58.4 Å². The Bertz CT molecular complexity index is 922. The molecule has 2 amide bonds. The summed E-state index contributed by atoms with van der Waals surface area (Å²) in [6, 6.07) is 13.4. The topological polar surface area (TPSA) is 128 Å². The van der Waals surface area contributed by atoms with Gasteiger partial charge in [0.15, 0.2) is 5.96 Å². The Morgan fingerprint density at radius 1 is 1.00 bits per heavy atom. The molecule has 2 aromatic carbocycles. The van der Waals surface area contributed by atoms with Gasteiger partial charge in [0.1, 0.15) is 5.75 Å². The average Bonchev–Trinajstić information content (AvgIpc) is 3.01. The van der Waals surface area contributed by atoms with E-state index < -0.39 is 5.97 Å². The zero-order valence-electron chi connectivity index (χ0n) is 15.5. The van der Waals surface area contributed by atoms with Gasteiger partial charge in [-0.3, -0.25) is 14.5 Å². The zero-order chi connectivity index (χ0) is 20.8. The number of likely N-dealkylation sites (tertiary alicyclic amines) is 1. The second-order valence-electron chi connectivity index (χ2n) is 6.23. The maximum Gasteiger partial charge on any atom is 0.343 e. The van der Waals surface area contributed by atoms with Crippen LogP contribution in [0.4, 0.5) is 5.69 Å². The van der Waals surface area contributed by atoms with Gasteiger partial charge in [-0.1, -0.05) is 0 Å². The lowest BCUT2D eigenvalue weighted by Crippen LogP contribution is -2.31. The van der Waals surface area contributed by atoms with Crippen molar-refractivity contribution in [3.05, 3.63) is 54.1 Å². The van der Waals surface area contributed by atoms with Gasteiger partial charge in [-0.2, -0.15) is 0 Å². The molecular weight excluding hydrogens is 392 g/mol. The van der Waals surface area contributed by atoms with Gasteiger partial charge in [0.25, 0.3) is 0 Å². The number of guanidine groups is 1. The molecule has 0 radical (unpaired) electrons. The van der Waals surface area contributed by atoms with Gasteiger partial charge >= 0.3 is 5.97 Å². The highest BCUT2D eigenvalue weighted by molar-refractivity contribution is 7.99. The molecule has 1 aliphatic heterocycles. The molecule has 2 aromatic rings. The van der Waals surface area contributed by atoms with Gasteiger partial charge in [-0.15, -0.1) is 11.8 Å². The number of esters is 1. The highest BCUT2D eigenvalue weighted by Crippen LogP contribution is 2.23. The fourth-order valence-corrected chi connectivity index (χ4v) is 3.56. The molecular formula is C20H20N4O4S. The number of benzene rings is 2. The molecule has 0 spiro atoms. The van der Waals surface area contributed by atoms with Crippen LogP contribution in [0.5, 0.6) is 5.75 Å². The van der Waals surface area contributed by atoms with Crippen molar-refractivity contribution in [1.82, 2.24) is 4.90 Å². The predicted molar refractivity (Wildman–Crippen MR) is 110 cm³/mol. The maximum absolute atomic E-state index is 12.2. The number of amides is 2. The van der Waals surface area contributed by atoms with Gasteiger partial charge in [0, 0.05) is 30.0 Å². The number of hydrogen-bond donors (Lipinski definition) is 2. The van der Waals surface area contributed by atoms with E-state index in [1.807, 2.05) is 12.1 Å². The Morgan fingerprint density at radius 2 is 1.62 bits per heavy atom. The molecule has 1 saturated heterocycles. The highest BCUT2D eigenvalue weighted by atomic mass is 32.2. The maximum atomic E-state index is 12.2. The second-order valence-corrected chi connectivity index (χ2v) is 7.40. The lowest BCUT2D eigenvalue weighted by atomic mass is 10.2. The summed E-state index contributed by atoms with van der Waals surface area (Å²) >= 11 is 1.52. The first-order chi connectivity index (χ1) is 13.9. The molecule has 4 N–H and O–H groups in total. The van der Waals surface area contributed by atoms with E-state index in [0.717, 1.165) is 4.90 Å². The molecule has 9 heteroatoms. The molecule has 3 rings (SSSR count). The van der Waals surface area contributed by atoms with E-state index in [0.29, 0.717) is 42.1 Å². The summed E-state index contributed by atoms with van der Waals surface area (Å²) in [4.78, 5) is 41.6. The van der Waals surface area contributed by atoms with Crippen molar-refractivity contribution in [1.29, 1.82) is 0 Å². The van der Waals surface area contributed by atoms with Crippen molar-refractivity contribution in [3.8, 4) is 5.75 Å². The van der Waals surface area contributed by atoms with Crippen LogP contribution in [0.2, 0.25) is 0 Å². The molecule has 8 nitrogen and oxygen atoms in total. The van der Waals surface area contributed by atoms with E-state index in [1.54, 1.807) is 36.4 Å². The zero-order valence-corrected chi connectivity index (χ0v) is 16.4. The summed E-state index contributed by atoms with van der Waals surface area (Å²) in [6.07, 6.45) is 0.612. The average molecular weight is 412 g/mol. The fraction of sp³-hybridized carbons (Fsp3) is 0.200. The quantitative estimate of drug-likeness (QED) is 0.178. The Morgan fingerprint density at radius 3 is 2.21 bits per heavy atom. The number of rotatable bonds is 7. The van der Waals surface area contributed by atoms with Crippen molar-refractivity contribution in [2.24, 2.45) is 16.5 Å². The van der Waals surface area contributed by atoms with E-state index in [4.69, 9.17) is 16.2 Å². The van der Waals surface area contributed by atoms with E-state index in [1.165, 1.54) is 16.7 Å². The number of thioether (sulfide) groups is 1. The van der Waals surface area contributed by atoms with E-state index in [2.05, 4.69) is 4.99 Å². The van der Waals surface area contributed by atoms with Crippen LogP contribution in [0.3, 0.4) is 0 Å². The summed E-state index contributed by atoms with van der Waals surface area (Å²) < 4.78 is 5.36. The lowest BCUT2D eigenvalue weighted by Gasteiger charge is -2.13. The summed E-state index contributed by atoms with van der Waals surface area (Å²) in [6.45, 7) is 0.398. The minimum atomic E-state index is -0.493. The number of imide groups is 1. The van der Waals surface area contributed by atoms with Crippen molar-refractivity contribution in [2.45, 2.75) is 17.7 Å². The molecule has 0 atom stereocenters. The van der Waals surface area contributed by atoms with Gasteiger partial charge in [-0.05, 0) is 48.5 Å². The largest absolute Gasteiger partial charge is 0.423 e. The Balaban J connectivity index is 1.51. The number of nitrogens with zero attached hydrogens (tertiary/aromatic N) is 2. The summed E-state index contributed by atoms with van der Waals surface area (Å²) in [5, 5.41) is 0. The first-order valence-electron chi connectivity index (χ1n) is 8.90. The van der Waals surface area contributed by atoms with Gasteiger partial charge in [0.2, 0.25) is 11.8 Å². The first-order valence-corrected chi connectivity index (χ1v) is 9.89. The Labute approximate surface area is 171 Å². The second kappa shape index (κ2) is 9.24. The van der Waals surface area contributed by atoms with E-state index >= 15 is 0 Å². The van der Waals surface area contributed by atoms with Gasteiger partial charge < -0.3 is 16.2 Å². The third kappa shape index (κ3) is 5.58. The van der Waals surface area contributed by atoms with Crippen LogP contribution >= 0.6 is 11.8 Å². The van der Waals surface area contributed by atoms with Crippen LogP contribution < -0.4 is 16.2 Å². The van der Waals surface area contributed by atoms with Gasteiger partial charge in [0.05, 0.1) is 11.3 Å². The third-order valence-corrected chi connectivity index (χ3v) is 5.13. The molecule has 0 bridgehead atoms. The highest BCUT2D eigenvalue weighted by Gasteiger charge is 2.28. The minimum Gasteiger partial charge on any atom is -0.423 e. The molecule has 0 aromatic heterocycles. The normalized spacial score (nSPS) is 13.4. The number of carbonyl (C=O) groups is 3. The van der Waals surface area contributed by atoms with Crippen molar-refractivity contribution in [2.75, 3.05) is 12.3 Å². The third-order valence-electron chi connectivity index (χ3n) is 4.13. The van der Waals surface area contributed by atoms with Gasteiger partial charge in [-0.25, -0.2) is 9.79 Å². The smallest absolute Gasteiger partial charge is 0.343 e. The predicted octanol–water partition coefficient (Wildman–Crippen LogP) is 2.05. The van der Waals surface area contributed by atoms with Crippen molar-refractivity contribution in [3.63, 3.8) is 0 Å². The number of ether oxygens (including phenoxy) is 1. The number of hydrogen-bond acceptors (Lipinski definition) is 6. The lowest BCUT2D eigenvalue weighted by molar-refractivity contribution is -0.137. The van der Waals surface area contributed by atoms with Crippen LogP contribution in [-0.2, 0) is 9.59 Å². The number of aliphatic imine (C=N–C) groups is 1. The molecule has 150 valence electrons. The van der Waals surface area contributed by atoms with Crippen molar-refractivity contribution >= 4 is 41.2 Å². The van der Waals surface area contributed by atoms with Crippen LogP contribution in [-0.4, -0.2) is 40.9 Å². The SMILES string of the molecule is NC(N)=Nc1ccc(C(=O)Oc2ccc(SCCN3C(=O)CCC3=O)cc2)cc1. The molecule has 1 aliphatic rings. The number of carbonyl (C=O) groups excluding carboxylic acids is 3. The first kappa shape index (κ1) is 20.4. The van der Waals surface area contributed by atoms with E-state index in [9.17, 15) is 14.4 Å². The molecule has 0 unspecified atom stereocenters.